The molecule has 0 bridgehead atoms. The van der Waals surface area contributed by atoms with Crippen molar-refractivity contribution < 1.29 is 0 Å². The van der Waals surface area contributed by atoms with Gasteiger partial charge in [-0.1, -0.05) is 19.4 Å². The minimum Gasteiger partial charge on any atom is -0.357 e. The maximum absolute atomic E-state index is 4.87. The van der Waals surface area contributed by atoms with Gasteiger partial charge in [-0.25, -0.2) is 0 Å². The maximum atomic E-state index is 4.87. The summed E-state index contributed by atoms with van der Waals surface area (Å²) in [7, 11) is 2.15. The summed E-state index contributed by atoms with van der Waals surface area (Å²) in [6, 6.07) is 0. The summed E-state index contributed by atoms with van der Waals surface area (Å²) in [6.07, 6.45) is 8.18. The van der Waals surface area contributed by atoms with Crippen LogP contribution >= 0.6 is 0 Å². The van der Waals surface area contributed by atoms with E-state index in [2.05, 4.69) is 42.6 Å². The molecule has 1 fully saturated rings. The number of guanidine groups is 1. The second kappa shape index (κ2) is 11.5. The summed E-state index contributed by atoms with van der Waals surface area (Å²) in [5.74, 6) is 1.80. The van der Waals surface area contributed by atoms with Crippen LogP contribution in [0.15, 0.2) is 17.6 Å². The number of allylic oxidation sites excluding steroid dienone is 1. The van der Waals surface area contributed by atoms with E-state index >= 15 is 0 Å². The minimum absolute atomic E-state index is 0.731. The fourth-order valence-corrected chi connectivity index (χ4v) is 2.95. The molecule has 1 aliphatic heterocycles. The van der Waals surface area contributed by atoms with Crippen molar-refractivity contribution in [2.24, 2.45) is 10.9 Å². The predicted molar refractivity (Wildman–Crippen MR) is 97.5 cm³/mol. The Morgan fingerprint density at radius 3 is 2.82 bits per heavy atom. The molecule has 1 aliphatic rings. The molecule has 0 aromatic heterocycles. The van der Waals surface area contributed by atoms with Crippen molar-refractivity contribution in [3.63, 3.8) is 0 Å². The van der Waals surface area contributed by atoms with E-state index in [0.717, 1.165) is 37.9 Å². The zero-order chi connectivity index (χ0) is 16.2. The van der Waals surface area contributed by atoms with Crippen LogP contribution in [0, 0.1) is 5.92 Å². The zero-order valence-electron chi connectivity index (χ0n) is 15.0. The van der Waals surface area contributed by atoms with Gasteiger partial charge in [0.25, 0.3) is 0 Å². The van der Waals surface area contributed by atoms with Crippen LogP contribution in [0.2, 0.25) is 0 Å². The quantitative estimate of drug-likeness (QED) is 0.291. The van der Waals surface area contributed by atoms with E-state index in [4.69, 9.17) is 4.99 Å². The van der Waals surface area contributed by atoms with Crippen LogP contribution in [0.25, 0.3) is 0 Å². The normalized spacial score (nSPS) is 19.4. The molecule has 4 heteroatoms. The van der Waals surface area contributed by atoms with Crippen LogP contribution in [0.5, 0.6) is 0 Å². The second-order valence-electron chi connectivity index (χ2n) is 6.30. The van der Waals surface area contributed by atoms with E-state index in [1.165, 1.54) is 45.3 Å². The van der Waals surface area contributed by atoms with Crippen molar-refractivity contribution in [1.82, 2.24) is 15.1 Å². The standard InChI is InChI=1S/C18H36N4/c1-5-8-9-10-11-13-21(4)18(19-6-2)20-15-17-12-14-22(7-3)16-17/h5,17H,1,6-16H2,2-4H3,(H,19,20). The van der Waals surface area contributed by atoms with Crippen LogP contribution in [-0.2, 0) is 0 Å². The molecule has 0 aliphatic carbocycles. The molecule has 22 heavy (non-hydrogen) atoms. The Balaban J connectivity index is 2.35. The summed E-state index contributed by atoms with van der Waals surface area (Å²) in [4.78, 5) is 9.67. The third-order valence-corrected chi connectivity index (χ3v) is 4.41. The Hall–Kier alpha value is -1.03. The van der Waals surface area contributed by atoms with Gasteiger partial charge in [-0.15, -0.1) is 6.58 Å². The number of hydrogen-bond donors (Lipinski definition) is 1. The first-order valence-corrected chi connectivity index (χ1v) is 9.03. The summed E-state index contributed by atoms with van der Waals surface area (Å²) >= 11 is 0. The lowest BCUT2D eigenvalue weighted by Gasteiger charge is -2.22. The Morgan fingerprint density at radius 2 is 2.18 bits per heavy atom. The van der Waals surface area contributed by atoms with Crippen molar-refractivity contribution >= 4 is 5.96 Å². The number of nitrogens with zero attached hydrogens (tertiary/aromatic N) is 3. The highest BCUT2D eigenvalue weighted by atomic mass is 15.3. The molecule has 0 amide bonds. The van der Waals surface area contributed by atoms with E-state index in [1.54, 1.807) is 0 Å². The Bertz CT molecular complexity index is 327. The van der Waals surface area contributed by atoms with E-state index in [9.17, 15) is 0 Å². The van der Waals surface area contributed by atoms with E-state index in [-0.39, 0.29) is 0 Å². The molecule has 1 saturated heterocycles. The van der Waals surface area contributed by atoms with Crippen LogP contribution in [0.3, 0.4) is 0 Å². The molecule has 0 saturated carbocycles. The highest BCUT2D eigenvalue weighted by Gasteiger charge is 2.20. The smallest absolute Gasteiger partial charge is 0.193 e. The third-order valence-electron chi connectivity index (χ3n) is 4.41. The summed E-state index contributed by atoms with van der Waals surface area (Å²) in [5.41, 5.74) is 0. The molecule has 128 valence electrons. The lowest BCUT2D eigenvalue weighted by molar-refractivity contribution is 0.343. The molecule has 0 radical (unpaired) electrons. The number of rotatable bonds is 10. The molecule has 0 aromatic rings. The van der Waals surface area contributed by atoms with Crippen molar-refractivity contribution in [3.8, 4) is 0 Å². The van der Waals surface area contributed by atoms with Crippen molar-refractivity contribution in [2.75, 3.05) is 46.3 Å². The van der Waals surface area contributed by atoms with Crippen LogP contribution in [0.1, 0.15) is 46.0 Å². The SMILES string of the molecule is C=CCCCCCN(C)C(=NCC1CCN(CC)C1)NCC. The van der Waals surface area contributed by atoms with Crippen molar-refractivity contribution in [3.05, 3.63) is 12.7 Å². The van der Waals surface area contributed by atoms with Gasteiger partial charge in [-0.2, -0.15) is 0 Å². The lowest BCUT2D eigenvalue weighted by atomic mass is 10.1. The van der Waals surface area contributed by atoms with Gasteiger partial charge < -0.3 is 15.1 Å². The number of hydrogen-bond acceptors (Lipinski definition) is 2. The fourth-order valence-electron chi connectivity index (χ4n) is 2.95. The highest BCUT2D eigenvalue weighted by molar-refractivity contribution is 5.79. The molecular weight excluding hydrogens is 272 g/mol. The van der Waals surface area contributed by atoms with Gasteiger partial charge in [0.05, 0.1) is 0 Å². The monoisotopic (exact) mass is 308 g/mol. The van der Waals surface area contributed by atoms with Gasteiger partial charge in [0.2, 0.25) is 0 Å². The van der Waals surface area contributed by atoms with Crippen molar-refractivity contribution in [2.45, 2.75) is 46.0 Å². The molecule has 1 rings (SSSR count). The first kappa shape index (κ1) is 19.0. The third kappa shape index (κ3) is 7.30. The minimum atomic E-state index is 0.731. The zero-order valence-corrected chi connectivity index (χ0v) is 15.0. The van der Waals surface area contributed by atoms with Crippen molar-refractivity contribution in [1.29, 1.82) is 0 Å². The number of unbranched alkanes of at least 4 members (excludes halogenated alkanes) is 3. The molecule has 0 aromatic carbocycles. The number of nitrogens with one attached hydrogen (secondary N) is 1. The largest absolute Gasteiger partial charge is 0.357 e. The topological polar surface area (TPSA) is 30.9 Å². The highest BCUT2D eigenvalue weighted by Crippen LogP contribution is 2.15. The van der Waals surface area contributed by atoms with E-state index < -0.39 is 0 Å². The Morgan fingerprint density at radius 1 is 1.36 bits per heavy atom. The summed E-state index contributed by atoms with van der Waals surface area (Å²) < 4.78 is 0. The molecule has 0 spiro atoms. The first-order valence-electron chi connectivity index (χ1n) is 9.03. The summed E-state index contributed by atoms with van der Waals surface area (Å²) in [5, 5.41) is 3.43. The molecule has 1 atom stereocenters. The number of aliphatic imine (C=N–C) groups is 1. The van der Waals surface area contributed by atoms with Crippen LogP contribution < -0.4 is 5.32 Å². The molecule has 1 N–H and O–H groups in total. The molecule has 1 unspecified atom stereocenters. The van der Waals surface area contributed by atoms with Gasteiger partial charge in [0.15, 0.2) is 5.96 Å². The van der Waals surface area contributed by atoms with Gasteiger partial charge >= 0.3 is 0 Å². The molecule has 4 nitrogen and oxygen atoms in total. The molecule has 1 heterocycles. The van der Waals surface area contributed by atoms with E-state index in [1.807, 2.05) is 6.08 Å². The average Bonchev–Trinajstić information content (AvgIpc) is 2.99. The van der Waals surface area contributed by atoms with Crippen LogP contribution in [0.4, 0.5) is 0 Å². The maximum Gasteiger partial charge on any atom is 0.193 e. The lowest BCUT2D eigenvalue weighted by Crippen LogP contribution is -2.39. The van der Waals surface area contributed by atoms with Gasteiger partial charge in [0.1, 0.15) is 0 Å². The van der Waals surface area contributed by atoms with Gasteiger partial charge in [-0.3, -0.25) is 4.99 Å². The van der Waals surface area contributed by atoms with Gasteiger partial charge in [-0.05, 0) is 51.6 Å². The fraction of sp³-hybridized carbons (Fsp3) is 0.833. The average molecular weight is 309 g/mol. The second-order valence-corrected chi connectivity index (χ2v) is 6.30. The predicted octanol–water partition coefficient (Wildman–Crippen LogP) is 2.97. The van der Waals surface area contributed by atoms with Gasteiger partial charge in [0, 0.05) is 33.2 Å². The first-order chi connectivity index (χ1) is 10.7. The van der Waals surface area contributed by atoms with Crippen LogP contribution in [-0.4, -0.2) is 62.1 Å². The summed E-state index contributed by atoms with van der Waals surface area (Å²) in [6.45, 7) is 14.8. The number of likely N-dealkylation sites (tertiary alicyclic amines) is 1. The Kier molecular flexibility index (Phi) is 9.96. The van der Waals surface area contributed by atoms with E-state index in [0.29, 0.717) is 0 Å². The molecular formula is C18H36N4. The Labute approximate surface area is 137 Å².